The van der Waals surface area contributed by atoms with Gasteiger partial charge in [-0.05, 0) is 36.6 Å². The van der Waals surface area contributed by atoms with Crippen molar-refractivity contribution in [1.82, 2.24) is 9.80 Å². The van der Waals surface area contributed by atoms with E-state index in [0.29, 0.717) is 31.7 Å². The molecule has 2 aliphatic rings. The van der Waals surface area contributed by atoms with Crippen LogP contribution >= 0.6 is 0 Å². The third kappa shape index (κ3) is 4.76. The van der Waals surface area contributed by atoms with E-state index in [1.54, 1.807) is 41.3 Å². The minimum absolute atomic E-state index is 0.0555. The molecular weight excluding hydrogens is 344 g/mol. The van der Waals surface area contributed by atoms with E-state index in [4.69, 9.17) is 0 Å². The average molecular weight is 370 g/mol. The first-order valence-corrected chi connectivity index (χ1v) is 9.52. The maximum atomic E-state index is 12.5. The van der Waals surface area contributed by atoms with Crippen LogP contribution in [0.15, 0.2) is 30.3 Å². The Morgan fingerprint density at radius 1 is 0.963 bits per heavy atom. The van der Waals surface area contributed by atoms with Gasteiger partial charge in [0, 0.05) is 38.2 Å². The zero-order chi connectivity index (χ0) is 19.2. The molecule has 0 atom stereocenters. The van der Waals surface area contributed by atoms with E-state index in [1.807, 2.05) is 4.90 Å². The summed E-state index contributed by atoms with van der Waals surface area (Å²) >= 11 is 0. The minimum atomic E-state index is -0.383. The van der Waals surface area contributed by atoms with Gasteiger partial charge in [0.05, 0.1) is 12.7 Å². The second-order valence-electron chi connectivity index (χ2n) is 7.08. The SMILES string of the molecule is COC(=O)c1ccc(/C=C/C(=O)N2CCN(C(=O)C3CCCC3)CC2)cc1. The summed E-state index contributed by atoms with van der Waals surface area (Å²) in [6, 6.07) is 6.88. The summed E-state index contributed by atoms with van der Waals surface area (Å²) in [5.74, 6) is 0.0209. The molecule has 0 unspecified atom stereocenters. The van der Waals surface area contributed by atoms with Crippen molar-refractivity contribution in [3.05, 3.63) is 41.5 Å². The fourth-order valence-corrected chi connectivity index (χ4v) is 3.70. The van der Waals surface area contributed by atoms with Crippen LogP contribution in [0, 0.1) is 5.92 Å². The van der Waals surface area contributed by atoms with Crippen LogP contribution in [0.3, 0.4) is 0 Å². The lowest BCUT2D eigenvalue weighted by molar-refractivity contribution is -0.140. The average Bonchev–Trinajstić information content (AvgIpc) is 3.26. The van der Waals surface area contributed by atoms with E-state index in [0.717, 1.165) is 31.2 Å². The van der Waals surface area contributed by atoms with Gasteiger partial charge >= 0.3 is 5.97 Å². The molecule has 3 rings (SSSR count). The van der Waals surface area contributed by atoms with Gasteiger partial charge in [-0.2, -0.15) is 0 Å². The molecule has 27 heavy (non-hydrogen) atoms. The standard InChI is InChI=1S/C21H26N2O4/c1-27-21(26)18-9-6-16(7-10-18)8-11-19(24)22-12-14-23(15-13-22)20(25)17-4-2-3-5-17/h6-11,17H,2-5,12-15H2,1H3/b11-8+. The van der Waals surface area contributed by atoms with Crippen molar-refractivity contribution in [3.63, 3.8) is 0 Å². The van der Waals surface area contributed by atoms with E-state index in [9.17, 15) is 14.4 Å². The number of amides is 2. The Hall–Kier alpha value is -2.63. The Kier molecular flexibility index (Phi) is 6.27. The molecule has 1 saturated heterocycles. The summed E-state index contributed by atoms with van der Waals surface area (Å²) in [4.78, 5) is 40.0. The fraction of sp³-hybridized carbons (Fsp3) is 0.476. The molecule has 1 aliphatic carbocycles. The van der Waals surface area contributed by atoms with Gasteiger partial charge in [-0.15, -0.1) is 0 Å². The van der Waals surface area contributed by atoms with Gasteiger partial charge in [0.15, 0.2) is 0 Å². The normalized spacial score (nSPS) is 18.1. The number of piperazine rings is 1. The van der Waals surface area contributed by atoms with Crippen LogP contribution in [0.4, 0.5) is 0 Å². The number of esters is 1. The lowest BCUT2D eigenvalue weighted by atomic mass is 10.1. The van der Waals surface area contributed by atoms with Gasteiger partial charge in [0.2, 0.25) is 11.8 Å². The molecule has 0 aromatic heterocycles. The predicted octanol–water partition coefficient (Wildman–Crippen LogP) is 2.35. The zero-order valence-electron chi connectivity index (χ0n) is 15.7. The van der Waals surface area contributed by atoms with E-state index in [1.165, 1.54) is 7.11 Å². The highest BCUT2D eigenvalue weighted by Gasteiger charge is 2.30. The van der Waals surface area contributed by atoms with Crippen LogP contribution in [-0.2, 0) is 14.3 Å². The minimum Gasteiger partial charge on any atom is -0.465 e. The van der Waals surface area contributed by atoms with Crippen LogP contribution in [-0.4, -0.2) is 60.9 Å². The van der Waals surface area contributed by atoms with Gasteiger partial charge in [0.25, 0.3) is 0 Å². The number of ether oxygens (including phenoxy) is 1. The highest BCUT2D eigenvalue weighted by Crippen LogP contribution is 2.26. The Morgan fingerprint density at radius 2 is 1.56 bits per heavy atom. The van der Waals surface area contributed by atoms with E-state index in [2.05, 4.69) is 4.74 Å². The molecule has 0 radical (unpaired) electrons. The smallest absolute Gasteiger partial charge is 0.337 e. The molecule has 2 fully saturated rings. The Labute approximate surface area is 159 Å². The zero-order valence-corrected chi connectivity index (χ0v) is 15.7. The number of methoxy groups -OCH3 is 1. The molecule has 1 aliphatic heterocycles. The largest absolute Gasteiger partial charge is 0.465 e. The van der Waals surface area contributed by atoms with E-state index >= 15 is 0 Å². The third-order valence-corrected chi connectivity index (χ3v) is 5.36. The molecule has 0 bridgehead atoms. The maximum Gasteiger partial charge on any atom is 0.337 e. The van der Waals surface area contributed by atoms with Crippen molar-refractivity contribution in [2.24, 2.45) is 5.92 Å². The van der Waals surface area contributed by atoms with Crippen LogP contribution < -0.4 is 0 Å². The molecule has 144 valence electrons. The summed E-state index contributed by atoms with van der Waals surface area (Å²) < 4.78 is 4.67. The molecular formula is C21H26N2O4. The lowest BCUT2D eigenvalue weighted by Crippen LogP contribution is -2.51. The summed E-state index contributed by atoms with van der Waals surface area (Å²) in [5.41, 5.74) is 1.31. The molecule has 6 nitrogen and oxygen atoms in total. The number of carbonyl (C=O) groups is 3. The first kappa shape index (κ1) is 19.1. The molecule has 1 aromatic carbocycles. The second kappa shape index (κ2) is 8.84. The van der Waals surface area contributed by atoms with Crippen LogP contribution in [0.1, 0.15) is 41.6 Å². The van der Waals surface area contributed by atoms with E-state index in [-0.39, 0.29) is 23.7 Å². The van der Waals surface area contributed by atoms with Gasteiger partial charge in [-0.1, -0.05) is 25.0 Å². The van der Waals surface area contributed by atoms with Gasteiger partial charge in [-0.25, -0.2) is 4.79 Å². The second-order valence-corrected chi connectivity index (χ2v) is 7.08. The van der Waals surface area contributed by atoms with Crippen LogP contribution in [0.5, 0.6) is 0 Å². The lowest BCUT2D eigenvalue weighted by Gasteiger charge is -2.35. The highest BCUT2D eigenvalue weighted by molar-refractivity contribution is 5.92. The van der Waals surface area contributed by atoms with Crippen molar-refractivity contribution in [1.29, 1.82) is 0 Å². The summed E-state index contributed by atoms with van der Waals surface area (Å²) in [5, 5.41) is 0. The van der Waals surface area contributed by atoms with Crippen molar-refractivity contribution in [3.8, 4) is 0 Å². The Balaban J connectivity index is 1.49. The maximum absolute atomic E-state index is 12.5. The van der Waals surface area contributed by atoms with Crippen molar-refractivity contribution in [2.75, 3.05) is 33.3 Å². The molecule has 1 aromatic rings. The summed E-state index contributed by atoms with van der Waals surface area (Å²) in [6.07, 6.45) is 7.60. The number of hydrogen-bond donors (Lipinski definition) is 0. The Morgan fingerprint density at radius 3 is 2.15 bits per heavy atom. The van der Waals surface area contributed by atoms with Crippen molar-refractivity contribution >= 4 is 23.9 Å². The first-order chi connectivity index (χ1) is 13.1. The molecule has 6 heteroatoms. The fourth-order valence-electron chi connectivity index (χ4n) is 3.70. The third-order valence-electron chi connectivity index (χ3n) is 5.36. The molecule has 1 saturated carbocycles. The quantitative estimate of drug-likeness (QED) is 0.603. The molecule has 0 N–H and O–H groups in total. The van der Waals surface area contributed by atoms with Gasteiger partial charge < -0.3 is 14.5 Å². The van der Waals surface area contributed by atoms with E-state index < -0.39 is 0 Å². The first-order valence-electron chi connectivity index (χ1n) is 9.52. The highest BCUT2D eigenvalue weighted by atomic mass is 16.5. The molecule has 1 heterocycles. The Bertz CT molecular complexity index is 712. The monoisotopic (exact) mass is 370 g/mol. The molecule has 0 spiro atoms. The number of carbonyl (C=O) groups excluding carboxylic acids is 3. The number of hydrogen-bond acceptors (Lipinski definition) is 4. The van der Waals surface area contributed by atoms with Gasteiger partial charge in [-0.3, -0.25) is 9.59 Å². The molecule has 2 amide bonds. The number of benzene rings is 1. The topological polar surface area (TPSA) is 66.9 Å². The van der Waals surface area contributed by atoms with Crippen LogP contribution in [0.2, 0.25) is 0 Å². The summed E-state index contributed by atoms with van der Waals surface area (Å²) in [7, 11) is 1.34. The summed E-state index contributed by atoms with van der Waals surface area (Å²) in [6.45, 7) is 2.37. The number of rotatable bonds is 4. The van der Waals surface area contributed by atoms with Crippen molar-refractivity contribution < 1.29 is 19.1 Å². The van der Waals surface area contributed by atoms with Gasteiger partial charge in [0.1, 0.15) is 0 Å². The van der Waals surface area contributed by atoms with Crippen LogP contribution in [0.25, 0.3) is 6.08 Å². The van der Waals surface area contributed by atoms with Crippen molar-refractivity contribution in [2.45, 2.75) is 25.7 Å². The number of nitrogens with zero attached hydrogens (tertiary/aromatic N) is 2. The predicted molar refractivity (Wildman–Crippen MR) is 102 cm³/mol.